The number of ether oxygens (including phenoxy) is 2. The van der Waals surface area contributed by atoms with Crippen LogP contribution in [0.25, 0.3) is 0 Å². The number of aliphatic hydroxyl groups excluding tert-OH is 1. The summed E-state index contributed by atoms with van der Waals surface area (Å²) in [5.74, 6) is 1.20. The number of benzene rings is 2. The zero-order valence-corrected chi connectivity index (χ0v) is 15.9. The van der Waals surface area contributed by atoms with Crippen LogP contribution in [0.2, 0.25) is 10.0 Å². The van der Waals surface area contributed by atoms with Gasteiger partial charge in [-0.25, -0.2) is 0 Å². The standard InChI is InChI=1S/C19H23Cl2NO3/c1-3-16(11-23)22-10-14-8-18(24-2)19(9-17(14)21)25-12-13-4-6-15(20)7-5-13/h4-9,16,22-23H,3,10-12H2,1-2H3. The molecule has 2 aromatic rings. The SMILES string of the molecule is CCC(CO)NCc1cc(OC)c(OCc2ccc(Cl)cc2)cc1Cl. The molecule has 4 nitrogen and oxygen atoms in total. The molecule has 0 aromatic heterocycles. The van der Waals surface area contributed by atoms with Gasteiger partial charge in [-0.2, -0.15) is 0 Å². The molecule has 2 rings (SSSR count). The van der Waals surface area contributed by atoms with Crippen LogP contribution < -0.4 is 14.8 Å². The van der Waals surface area contributed by atoms with Crippen LogP contribution in [0.3, 0.4) is 0 Å². The van der Waals surface area contributed by atoms with Gasteiger partial charge in [-0.1, -0.05) is 42.3 Å². The Morgan fingerprint density at radius 1 is 1.12 bits per heavy atom. The molecule has 0 spiro atoms. The zero-order chi connectivity index (χ0) is 18.2. The van der Waals surface area contributed by atoms with Crippen LogP contribution in [0.5, 0.6) is 11.5 Å². The first kappa shape index (κ1) is 19.9. The second kappa shape index (κ2) is 9.88. The van der Waals surface area contributed by atoms with Crippen molar-refractivity contribution in [2.45, 2.75) is 32.5 Å². The van der Waals surface area contributed by atoms with Crippen molar-refractivity contribution in [1.29, 1.82) is 0 Å². The third-order valence-electron chi connectivity index (χ3n) is 3.93. The number of hydrogen-bond acceptors (Lipinski definition) is 4. The molecule has 136 valence electrons. The minimum atomic E-state index is 0.0443. The highest BCUT2D eigenvalue weighted by Gasteiger charge is 2.12. The average Bonchev–Trinajstić information content (AvgIpc) is 2.63. The summed E-state index contributed by atoms with van der Waals surface area (Å²) in [4.78, 5) is 0. The van der Waals surface area contributed by atoms with E-state index in [9.17, 15) is 5.11 Å². The maximum absolute atomic E-state index is 9.27. The van der Waals surface area contributed by atoms with Crippen LogP contribution in [-0.4, -0.2) is 24.9 Å². The van der Waals surface area contributed by atoms with E-state index in [-0.39, 0.29) is 12.6 Å². The number of aliphatic hydroxyl groups is 1. The van der Waals surface area contributed by atoms with E-state index < -0.39 is 0 Å². The fourth-order valence-corrected chi connectivity index (χ4v) is 2.67. The highest BCUT2D eigenvalue weighted by molar-refractivity contribution is 6.31. The van der Waals surface area contributed by atoms with E-state index in [1.54, 1.807) is 13.2 Å². The van der Waals surface area contributed by atoms with Crippen LogP contribution in [0.4, 0.5) is 0 Å². The first-order valence-electron chi connectivity index (χ1n) is 8.15. The molecule has 25 heavy (non-hydrogen) atoms. The van der Waals surface area contributed by atoms with E-state index >= 15 is 0 Å². The minimum absolute atomic E-state index is 0.0443. The molecule has 0 amide bonds. The van der Waals surface area contributed by atoms with Crippen LogP contribution >= 0.6 is 23.2 Å². The van der Waals surface area contributed by atoms with Gasteiger partial charge in [0.25, 0.3) is 0 Å². The molecule has 1 unspecified atom stereocenters. The largest absolute Gasteiger partial charge is 0.493 e. The van der Waals surface area contributed by atoms with Crippen molar-refractivity contribution in [3.05, 3.63) is 57.6 Å². The second-order valence-electron chi connectivity index (χ2n) is 5.68. The lowest BCUT2D eigenvalue weighted by Crippen LogP contribution is -2.31. The van der Waals surface area contributed by atoms with Gasteiger partial charge in [-0.15, -0.1) is 0 Å². The molecule has 2 N–H and O–H groups in total. The van der Waals surface area contributed by atoms with Crippen molar-refractivity contribution in [2.24, 2.45) is 0 Å². The number of rotatable bonds is 9. The summed E-state index contributed by atoms with van der Waals surface area (Å²) in [7, 11) is 1.60. The van der Waals surface area contributed by atoms with Gasteiger partial charge in [0, 0.05) is 28.7 Å². The Morgan fingerprint density at radius 2 is 1.84 bits per heavy atom. The quantitative estimate of drug-likeness (QED) is 0.671. The summed E-state index contributed by atoms with van der Waals surface area (Å²) in [6.07, 6.45) is 0.841. The van der Waals surface area contributed by atoms with Crippen molar-refractivity contribution in [3.8, 4) is 11.5 Å². The van der Waals surface area contributed by atoms with Gasteiger partial charge in [-0.3, -0.25) is 0 Å². The molecule has 0 aliphatic rings. The lowest BCUT2D eigenvalue weighted by atomic mass is 10.1. The highest BCUT2D eigenvalue weighted by Crippen LogP contribution is 2.34. The smallest absolute Gasteiger partial charge is 0.163 e. The Labute approximate surface area is 158 Å². The maximum atomic E-state index is 9.27. The molecule has 2 aromatic carbocycles. The van der Waals surface area contributed by atoms with Crippen molar-refractivity contribution in [1.82, 2.24) is 5.32 Å². The van der Waals surface area contributed by atoms with Gasteiger partial charge in [-0.05, 0) is 35.7 Å². The third kappa shape index (κ3) is 5.79. The number of nitrogens with one attached hydrogen (secondary N) is 1. The number of halogens is 2. The molecule has 0 radical (unpaired) electrons. The Balaban J connectivity index is 2.08. The Bertz CT molecular complexity index is 673. The average molecular weight is 384 g/mol. The fraction of sp³-hybridized carbons (Fsp3) is 0.368. The van der Waals surface area contributed by atoms with Crippen molar-refractivity contribution in [3.63, 3.8) is 0 Å². The van der Waals surface area contributed by atoms with Crippen LogP contribution in [0, 0.1) is 0 Å². The molecule has 0 saturated carbocycles. The van der Waals surface area contributed by atoms with Crippen LogP contribution in [-0.2, 0) is 13.2 Å². The van der Waals surface area contributed by atoms with E-state index in [1.165, 1.54) is 0 Å². The van der Waals surface area contributed by atoms with Gasteiger partial charge >= 0.3 is 0 Å². The first-order chi connectivity index (χ1) is 12.1. The van der Waals surface area contributed by atoms with E-state index in [1.807, 2.05) is 37.3 Å². The minimum Gasteiger partial charge on any atom is -0.493 e. The topological polar surface area (TPSA) is 50.7 Å². The highest BCUT2D eigenvalue weighted by atomic mass is 35.5. The van der Waals surface area contributed by atoms with Gasteiger partial charge in [0.15, 0.2) is 11.5 Å². The number of methoxy groups -OCH3 is 1. The second-order valence-corrected chi connectivity index (χ2v) is 6.52. The summed E-state index contributed by atoms with van der Waals surface area (Å²) >= 11 is 12.3. The summed E-state index contributed by atoms with van der Waals surface area (Å²) in [5, 5.41) is 13.8. The summed E-state index contributed by atoms with van der Waals surface area (Å²) in [6.45, 7) is 3.05. The maximum Gasteiger partial charge on any atom is 0.163 e. The molecule has 0 aliphatic heterocycles. The van der Waals surface area contributed by atoms with Gasteiger partial charge < -0.3 is 19.9 Å². The van der Waals surface area contributed by atoms with E-state index in [0.717, 1.165) is 17.5 Å². The Kier molecular flexibility index (Phi) is 7.85. The molecular weight excluding hydrogens is 361 g/mol. The third-order valence-corrected chi connectivity index (χ3v) is 4.54. The molecule has 0 saturated heterocycles. The fourth-order valence-electron chi connectivity index (χ4n) is 2.32. The van der Waals surface area contributed by atoms with Gasteiger partial charge in [0.05, 0.1) is 13.7 Å². The molecule has 0 fully saturated rings. The first-order valence-corrected chi connectivity index (χ1v) is 8.90. The summed E-state index contributed by atoms with van der Waals surface area (Å²) in [5.41, 5.74) is 1.89. The van der Waals surface area contributed by atoms with E-state index in [4.69, 9.17) is 32.7 Å². The summed E-state index contributed by atoms with van der Waals surface area (Å²) < 4.78 is 11.3. The van der Waals surface area contributed by atoms with Gasteiger partial charge in [0.2, 0.25) is 0 Å². The lowest BCUT2D eigenvalue weighted by Gasteiger charge is -2.17. The summed E-state index contributed by atoms with van der Waals surface area (Å²) in [6, 6.07) is 11.1. The van der Waals surface area contributed by atoms with E-state index in [0.29, 0.717) is 34.7 Å². The normalized spacial score (nSPS) is 12.0. The molecule has 1 atom stereocenters. The van der Waals surface area contributed by atoms with Gasteiger partial charge in [0.1, 0.15) is 6.61 Å². The Morgan fingerprint density at radius 3 is 2.44 bits per heavy atom. The Hall–Kier alpha value is -1.46. The molecular formula is C19H23Cl2NO3. The monoisotopic (exact) mass is 383 g/mol. The molecule has 6 heteroatoms. The molecule has 0 aliphatic carbocycles. The number of hydrogen-bond donors (Lipinski definition) is 2. The van der Waals surface area contributed by atoms with Crippen molar-refractivity contribution < 1.29 is 14.6 Å². The predicted molar refractivity (Wildman–Crippen MR) is 102 cm³/mol. The van der Waals surface area contributed by atoms with Crippen molar-refractivity contribution >= 4 is 23.2 Å². The molecule has 0 heterocycles. The van der Waals surface area contributed by atoms with Crippen LogP contribution in [0.1, 0.15) is 24.5 Å². The van der Waals surface area contributed by atoms with Crippen molar-refractivity contribution in [2.75, 3.05) is 13.7 Å². The predicted octanol–water partition coefficient (Wildman–Crippen LogP) is 4.44. The zero-order valence-electron chi connectivity index (χ0n) is 14.4. The lowest BCUT2D eigenvalue weighted by molar-refractivity contribution is 0.238. The van der Waals surface area contributed by atoms with E-state index in [2.05, 4.69) is 5.32 Å². The molecule has 0 bridgehead atoms. The van der Waals surface area contributed by atoms with Crippen LogP contribution in [0.15, 0.2) is 36.4 Å².